The van der Waals surface area contributed by atoms with E-state index in [0.29, 0.717) is 18.8 Å². The molecule has 0 fully saturated rings. The first-order valence-corrected chi connectivity index (χ1v) is 10.7. The van der Waals surface area contributed by atoms with Gasteiger partial charge in [0.05, 0.1) is 12.2 Å². The summed E-state index contributed by atoms with van der Waals surface area (Å²) in [5, 5.41) is 0. The minimum Gasteiger partial charge on any atom is -0.463 e. The molecule has 0 unspecified atom stereocenters. The zero-order chi connectivity index (χ0) is 24.8. The molecule has 0 amide bonds. The van der Waals surface area contributed by atoms with E-state index in [-0.39, 0.29) is 29.5 Å². The van der Waals surface area contributed by atoms with Gasteiger partial charge < -0.3 is 18.9 Å². The number of hydrogen-bond acceptors (Lipinski definition) is 8. The lowest BCUT2D eigenvalue weighted by atomic mass is 10.1. The van der Waals surface area contributed by atoms with Crippen molar-refractivity contribution in [3.05, 3.63) is 79.4 Å². The molecule has 0 aliphatic rings. The van der Waals surface area contributed by atoms with Gasteiger partial charge in [0.15, 0.2) is 0 Å². The molecule has 0 bridgehead atoms. The highest BCUT2D eigenvalue weighted by molar-refractivity contribution is 5.91. The summed E-state index contributed by atoms with van der Waals surface area (Å²) < 4.78 is 20.4. The van der Waals surface area contributed by atoms with Gasteiger partial charge in [-0.25, -0.2) is 14.4 Å². The molecule has 0 aromatic heterocycles. The Hall–Kier alpha value is -4.20. The van der Waals surface area contributed by atoms with Crippen LogP contribution in [0.15, 0.2) is 73.8 Å². The predicted octanol–water partition coefficient (Wildman–Crippen LogP) is 4.58. The minimum absolute atomic E-state index is 0.265. The molecule has 8 nitrogen and oxygen atoms in total. The number of esters is 4. The fourth-order valence-electron chi connectivity index (χ4n) is 2.70. The summed E-state index contributed by atoms with van der Waals surface area (Å²) in [6, 6.07) is 12.0. The second kappa shape index (κ2) is 14.1. The van der Waals surface area contributed by atoms with E-state index in [1.54, 1.807) is 0 Å². The van der Waals surface area contributed by atoms with Crippen LogP contribution in [0, 0.1) is 0 Å². The minimum atomic E-state index is -0.597. The Morgan fingerprint density at radius 1 is 0.647 bits per heavy atom. The van der Waals surface area contributed by atoms with E-state index < -0.39 is 17.9 Å². The maximum atomic E-state index is 12.3. The first-order valence-electron chi connectivity index (χ1n) is 10.7. The van der Waals surface area contributed by atoms with Crippen LogP contribution < -0.4 is 14.2 Å². The van der Waals surface area contributed by atoms with Crippen LogP contribution in [-0.4, -0.2) is 30.5 Å². The largest absolute Gasteiger partial charge is 0.463 e. The van der Waals surface area contributed by atoms with E-state index in [1.165, 1.54) is 48.5 Å². The summed E-state index contributed by atoms with van der Waals surface area (Å²) in [5.41, 5.74) is 0.271. The first-order chi connectivity index (χ1) is 16.4. The Kier molecular flexibility index (Phi) is 10.8. The Bertz CT molecular complexity index is 1010. The monoisotopic (exact) mass is 466 g/mol. The van der Waals surface area contributed by atoms with Gasteiger partial charge in [-0.2, -0.15) is 0 Å². The third-order valence-electron chi connectivity index (χ3n) is 4.43. The molecule has 0 radical (unpaired) electrons. The number of ether oxygens (including phenoxy) is 4. The molecule has 0 N–H and O–H groups in total. The highest BCUT2D eigenvalue weighted by Crippen LogP contribution is 2.20. The molecule has 0 aliphatic carbocycles. The second-order valence-electron chi connectivity index (χ2n) is 7.02. The number of carbonyl (C=O) groups excluding carboxylic acids is 4. The predicted molar refractivity (Wildman–Crippen MR) is 124 cm³/mol. The first kappa shape index (κ1) is 26.1. The van der Waals surface area contributed by atoms with Crippen LogP contribution in [0.2, 0.25) is 0 Å². The van der Waals surface area contributed by atoms with E-state index >= 15 is 0 Å². The Labute approximate surface area is 197 Å². The van der Waals surface area contributed by atoms with Gasteiger partial charge in [0, 0.05) is 18.6 Å². The van der Waals surface area contributed by atoms with Crippen LogP contribution in [0.25, 0.3) is 0 Å². The van der Waals surface area contributed by atoms with Crippen LogP contribution >= 0.6 is 0 Å². The topological polar surface area (TPSA) is 105 Å². The van der Waals surface area contributed by atoms with Gasteiger partial charge in [-0.1, -0.05) is 26.0 Å². The fraction of sp³-hybridized carbons (Fsp3) is 0.231. The van der Waals surface area contributed by atoms with Crippen LogP contribution in [0.5, 0.6) is 17.2 Å². The van der Waals surface area contributed by atoms with Crippen molar-refractivity contribution in [2.24, 2.45) is 0 Å². The van der Waals surface area contributed by atoms with E-state index in [1.807, 2.05) is 0 Å². The van der Waals surface area contributed by atoms with Crippen LogP contribution in [0.4, 0.5) is 0 Å². The number of rotatable bonds is 13. The van der Waals surface area contributed by atoms with Gasteiger partial charge in [-0.15, -0.1) is 0 Å². The van der Waals surface area contributed by atoms with Crippen molar-refractivity contribution in [2.75, 3.05) is 6.61 Å². The normalized spacial score (nSPS) is 10.0. The molecule has 2 rings (SSSR count). The summed E-state index contributed by atoms with van der Waals surface area (Å²) in [7, 11) is 0. The molecule has 0 aliphatic heterocycles. The van der Waals surface area contributed by atoms with Gasteiger partial charge in [0.2, 0.25) is 0 Å². The molecule has 0 spiro atoms. The van der Waals surface area contributed by atoms with Crippen LogP contribution in [0.3, 0.4) is 0 Å². The van der Waals surface area contributed by atoms with Crippen molar-refractivity contribution < 1.29 is 38.1 Å². The average Bonchev–Trinajstić information content (AvgIpc) is 2.84. The van der Waals surface area contributed by atoms with E-state index in [2.05, 4.69) is 13.2 Å². The fourth-order valence-corrected chi connectivity index (χ4v) is 2.70. The highest BCUT2D eigenvalue weighted by atomic mass is 16.5. The summed E-state index contributed by atoms with van der Waals surface area (Å²) in [4.78, 5) is 46.3. The smallest absolute Gasteiger partial charge is 0.343 e. The van der Waals surface area contributed by atoms with Gasteiger partial charge in [0.1, 0.15) is 17.2 Å². The lowest BCUT2D eigenvalue weighted by molar-refractivity contribution is -0.138. The third-order valence-corrected chi connectivity index (χ3v) is 4.43. The zero-order valence-corrected chi connectivity index (χ0v) is 18.7. The number of benzene rings is 2. The van der Waals surface area contributed by atoms with E-state index in [0.717, 1.165) is 31.4 Å². The summed E-state index contributed by atoms with van der Waals surface area (Å²) in [6.07, 6.45) is 5.46. The number of hydrogen-bond donors (Lipinski definition) is 0. The van der Waals surface area contributed by atoms with Crippen molar-refractivity contribution >= 4 is 23.9 Å². The lowest BCUT2D eigenvalue weighted by Crippen LogP contribution is -2.09. The van der Waals surface area contributed by atoms with Gasteiger partial charge >= 0.3 is 23.9 Å². The maximum absolute atomic E-state index is 12.3. The van der Waals surface area contributed by atoms with Crippen molar-refractivity contribution in [1.82, 2.24) is 0 Å². The third kappa shape index (κ3) is 9.52. The molecule has 0 saturated carbocycles. The Balaban J connectivity index is 1.71. The molecule has 34 heavy (non-hydrogen) atoms. The molecular weight excluding hydrogens is 440 g/mol. The molecule has 8 heteroatoms. The second-order valence-corrected chi connectivity index (χ2v) is 7.02. The Morgan fingerprint density at radius 2 is 1.18 bits per heavy atom. The Morgan fingerprint density at radius 3 is 1.79 bits per heavy atom. The van der Waals surface area contributed by atoms with Gasteiger partial charge in [0.25, 0.3) is 0 Å². The quantitative estimate of drug-likeness (QED) is 0.183. The number of unbranched alkanes of at least 4 members (excludes halogenated alkanes) is 3. The number of carbonyl (C=O) groups is 4. The molecule has 2 aromatic rings. The lowest BCUT2D eigenvalue weighted by Gasteiger charge is -2.07. The van der Waals surface area contributed by atoms with Crippen LogP contribution in [0.1, 0.15) is 42.5 Å². The van der Waals surface area contributed by atoms with Gasteiger partial charge in [-0.3, -0.25) is 4.79 Å². The molecule has 0 saturated heterocycles. The molecule has 178 valence electrons. The summed E-state index contributed by atoms with van der Waals surface area (Å²) in [6.45, 7) is 6.97. The van der Waals surface area contributed by atoms with E-state index in [4.69, 9.17) is 18.9 Å². The molecule has 0 heterocycles. The average molecular weight is 466 g/mol. The van der Waals surface area contributed by atoms with Crippen molar-refractivity contribution in [3.63, 3.8) is 0 Å². The van der Waals surface area contributed by atoms with Gasteiger partial charge in [-0.05, 0) is 61.4 Å². The van der Waals surface area contributed by atoms with Crippen molar-refractivity contribution in [1.29, 1.82) is 0 Å². The van der Waals surface area contributed by atoms with Crippen molar-refractivity contribution in [3.8, 4) is 17.2 Å². The SMILES string of the molecule is C=CC(=O)OCCCCCCC(=O)Oc1ccc(OC(=O)c2ccc(OC(=O)C=C)cc2)cc1. The molecular formula is C26H26O8. The highest BCUT2D eigenvalue weighted by Gasteiger charge is 2.11. The standard InChI is InChI=1S/C26H26O8/c1-3-23(27)31-18-8-6-5-7-9-25(29)33-21-14-16-22(17-15-21)34-26(30)19-10-12-20(13-11-19)32-24(28)4-2/h3-4,10-17H,1-2,5-9,18H2. The zero-order valence-electron chi connectivity index (χ0n) is 18.7. The molecule has 0 atom stereocenters. The maximum Gasteiger partial charge on any atom is 0.343 e. The van der Waals surface area contributed by atoms with Crippen LogP contribution in [-0.2, 0) is 19.1 Å². The summed E-state index contributed by atoms with van der Waals surface area (Å²) in [5.74, 6) is -1.09. The van der Waals surface area contributed by atoms with E-state index in [9.17, 15) is 19.2 Å². The van der Waals surface area contributed by atoms with Crippen molar-refractivity contribution in [2.45, 2.75) is 32.1 Å². The summed E-state index contributed by atoms with van der Waals surface area (Å²) >= 11 is 0. The molecule has 2 aromatic carbocycles.